The molecule has 0 aliphatic carbocycles. The first-order valence-electron chi connectivity index (χ1n) is 5.61. The molecule has 1 aliphatic heterocycles. The van der Waals surface area contributed by atoms with Crippen LogP contribution in [0.15, 0.2) is 0 Å². The lowest BCUT2D eigenvalue weighted by Gasteiger charge is -2.39. The summed E-state index contributed by atoms with van der Waals surface area (Å²) in [6.07, 6.45) is 3.23. The van der Waals surface area contributed by atoms with Gasteiger partial charge in [-0.25, -0.2) is 0 Å². The van der Waals surface area contributed by atoms with Crippen molar-refractivity contribution in [1.82, 2.24) is 4.90 Å². The minimum Gasteiger partial charge on any atom is -0.393 e. The number of rotatable bonds is 3. The van der Waals surface area contributed by atoms with Crippen LogP contribution in [0.4, 0.5) is 0 Å². The van der Waals surface area contributed by atoms with Gasteiger partial charge in [-0.1, -0.05) is 13.8 Å². The summed E-state index contributed by atoms with van der Waals surface area (Å²) in [5, 5.41) is 9.71. The van der Waals surface area contributed by atoms with Crippen LogP contribution in [0.5, 0.6) is 0 Å². The molecular weight excluding hydrogens is 162 g/mol. The first-order chi connectivity index (χ1) is 6.19. The summed E-state index contributed by atoms with van der Waals surface area (Å²) in [5.41, 5.74) is 0. The molecule has 0 saturated carbocycles. The molecule has 0 bridgehead atoms. The zero-order valence-electron chi connectivity index (χ0n) is 9.16. The van der Waals surface area contributed by atoms with Crippen molar-refractivity contribution in [2.24, 2.45) is 5.92 Å². The first-order valence-corrected chi connectivity index (χ1v) is 5.61. The highest BCUT2D eigenvalue weighted by Crippen LogP contribution is 2.22. The van der Waals surface area contributed by atoms with E-state index in [2.05, 4.69) is 25.7 Å². The average Bonchev–Trinajstić information content (AvgIpc) is 2.17. The third-order valence-electron chi connectivity index (χ3n) is 3.46. The summed E-state index contributed by atoms with van der Waals surface area (Å²) in [6, 6.07) is 0.682. The third kappa shape index (κ3) is 2.68. The van der Waals surface area contributed by atoms with E-state index in [-0.39, 0.29) is 6.10 Å². The highest BCUT2D eigenvalue weighted by atomic mass is 16.3. The molecule has 1 aliphatic rings. The fourth-order valence-corrected chi connectivity index (χ4v) is 2.11. The van der Waals surface area contributed by atoms with Crippen LogP contribution in [0.2, 0.25) is 0 Å². The zero-order valence-corrected chi connectivity index (χ0v) is 9.16. The molecule has 13 heavy (non-hydrogen) atoms. The van der Waals surface area contributed by atoms with Gasteiger partial charge in [0.25, 0.3) is 0 Å². The highest BCUT2D eigenvalue weighted by Gasteiger charge is 2.27. The Morgan fingerprint density at radius 3 is 2.69 bits per heavy atom. The van der Waals surface area contributed by atoms with Crippen LogP contribution in [0.25, 0.3) is 0 Å². The Morgan fingerprint density at radius 1 is 1.46 bits per heavy atom. The first kappa shape index (κ1) is 11.0. The van der Waals surface area contributed by atoms with Gasteiger partial charge in [-0.15, -0.1) is 0 Å². The fraction of sp³-hybridized carbons (Fsp3) is 1.00. The van der Waals surface area contributed by atoms with Gasteiger partial charge in [0, 0.05) is 19.1 Å². The standard InChI is InChI=1S/C11H23NO/c1-4-9(3)12-7-6-11(13)10(5-2)8-12/h9-11,13H,4-8H2,1-3H3. The second kappa shape index (κ2) is 4.97. The Hall–Kier alpha value is -0.0800. The summed E-state index contributed by atoms with van der Waals surface area (Å²) < 4.78 is 0. The molecule has 2 heteroatoms. The van der Waals surface area contributed by atoms with Gasteiger partial charge >= 0.3 is 0 Å². The molecule has 0 radical (unpaired) electrons. The number of aliphatic hydroxyl groups is 1. The number of likely N-dealkylation sites (tertiary alicyclic amines) is 1. The lowest BCUT2D eigenvalue weighted by Crippen LogP contribution is -2.46. The van der Waals surface area contributed by atoms with Gasteiger partial charge in [0.15, 0.2) is 0 Å². The van der Waals surface area contributed by atoms with Gasteiger partial charge in [0.05, 0.1) is 6.10 Å². The van der Waals surface area contributed by atoms with Crippen molar-refractivity contribution in [3.05, 3.63) is 0 Å². The summed E-state index contributed by atoms with van der Waals surface area (Å²) in [5.74, 6) is 0.503. The van der Waals surface area contributed by atoms with Crippen LogP contribution in [0, 0.1) is 5.92 Å². The predicted octanol–water partition coefficient (Wildman–Crippen LogP) is 1.88. The fourth-order valence-electron chi connectivity index (χ4n) is 2.11. The SMILES string of the molecule is CCC1CN(C(C)CC)CCC1O. The summed E-state index contributed by atoms with van der Waals surface area (Å²) in [4.78, 5) is 2.51. The molecule has 0 aromatic heterocycles. The van der Waals surface area contributed by atoms with E-state index in [1.165, 1.54) is 6.42 Å². The van der Waals surface area contributed by atoms with Crippen LogP contribution in [0.3, 0.4) is 0 Å². The lowest BCUT2D eigenvalue weighted by atomic mass is 9.91. The molecule has 1 heterocycles. The monoisotopic (exact) mass is 185 g/mol. The molecule has 3 atom stereocenters. The maximum Gasteiger partial charge on any atom is 0.0592 e. The van der Waals surface area contributed by atoms with Crippen molar-refractivity contribution in [2.45, 2.75) is 52.2 Å². The average molecular weight is 185 g/mol. The number of hydrogen-bond donors (Lipinski definition) is 1. The zero-order chi connectivity index (χ0) is 9.84. The Morgan fingerprint density at radius 2 is 2.15 bits per heavy atom. The third-order valence-corrected chi connectivity index (χ3v) is 3.46. The van der Waals surface area contributed by atoms with E-state index in [9.17, 15) is 5.11 Å². The van der Waals surface area contributed by atoms with Crippen molar-refractivity contribution in [3.63, 3.8) is 0 Å². The van der Waals surface area contributed by atoms with Crippen molar-refractivity contribution < 1.29 is 5.11 Å². The highest BCUT2D eigenvalue weighted by molar-refractivity contribution is 4.81. The van der Waals surface area contributed by atoms with E-state index in [1.807, 2.05) is 0 Å². The van der Waals surface area contributed by atoms with E-state index in [0.29, 0.717) is 12.0 Å². The molecule has 2 nitrogen and oxygen atoms in total. The predicted molar refractivity (Wildman–Crippen MR) is 55.7 cm³/mol. The second-order valence-electron chi connectivity index (χ2n) is 4.28. The lowest BCUT2D eigenvalue weighted by molar-refractivity contribution is 0.0105. The van der Waals surface area contributed by atoms with Crippen molar-refractivity contribution in [3.8, 4) is 0 Å². The Balaban J connectivity index is 2.44. The maximum absolute atomic E-state index is 9.71. The van der Waals surface area contributed by atoms with E-state index in [4.69, 9.17) is 0 Å². The minimum absolute atomic E-state index is 0.0506. The summed E-state index contributed by atoms with van der Waals surface area (Å²) in [6.45, 7) is 8.86. The van der Waals surface area contributed by atoms with E-state index < -0.39 is 0 Å². The van der Waals surface area contributed by atoms with Crippen molar-refractivity contribution >= 4 is 0 Å². The van der Waals surface area contributed by atoms with Crippen molar-refractivity contribution in [1.29, 1.82) is 0 Å². The molecule has 1 rings (SSSR count). The second-order valence-corrected chi connectivity index (χ2v) is 4.28. The smallest absolute Gasteiger partial charge is 0.0592 e. The van der Waals surface area contributed by atoms with Crippen LogP contribution in [0.1, 0.15) is 40.0 Å². The van der Waals surface area contributed by atoms with Crippen LogP contribution >= 0.6 is 0 Å². The normalized spacial score (nSPS) is 33.2. The maximum atomic E-state index is 9.71. The van der Waals surface area contributed by atoms with Gasteiger partial charge < -0.3 is 10.0 Å². The van der Waals surface area contributed by atoms with Crippen LogP contribution in [-0.4, -0.2) is 35.2 Å². The van der Waals surface area contributed by atoms with Gasteiger partial charge in [-0.3, -0.25) is 0 Å². The topological polar surface area (TPSA) is 23.5 Å². The summed E-state index contributed by atoms with van der Waals surface area (Å²) >= 11 is 0. The van der Waals surface area contributed by atoms with Gasteiger partial charge in [-0.2, -0.15) is 0 Å². The number of nitrogens with zero attached hydrogens (tertiary/aromatic N) is 1. The number of aliphatic hydroxyl groups excluding tert-OH is 1. The molecule has 1 fully saturated rings. The molecule has 1 saturated heterocycles. The molecule has 1 N–H and O–H groups in total. The van der Waals surface area contributed by atoms with Crippen molar-refractivity contribution in [2.75, 3.05) is 13.1 Å². The van der Waals surface area contributed by atoms with Crippen LogP contribution in [-0.2, 0) is 0 Å². The van der Waals surface area contributed by atoms with E-state index in [1.54, 1.807) is 0 Å². The molecular formula is C11H23NO. The molecule has 0 spiro atoms. The molecule has 0 aromatic rings. The number of piperidine rings is 1. The van der Waals surface area contributed by atoms with E-state index in [0.717, 1.165) is 25.9 Å². The summed E-state index contributed by atoms with van der Waals surface area (Å²) in [7, 11) is 0. The Bertz CT molecular complexity index is 149. The molecule has 0 amide bonds. The largest absolute Gasteiger partial charge is 0.393 e. The van der Waals surface area contributed by atoms with Gasteiger partial charge in [0.2, 0.25) is 0 Å². The quantitative estimate of drug-likeness (QED) is 0.725. The number of hydrogen-bond acceptors (Lipinski definition) is 2. The molecule has 3 unspecified atom stereocenters. The van der Waals surface area contributed by atoms with E-state index >= 15 is 0 Å². The molecule has 0 aromatic carbocycles. The Labute approximate surface area is 81.9 Å². The van der Waals surface area contributed by atoms with Crippen LogP contribution < -0.4 is 0 Å². The Kier molecular flexibility index (Phi) is 4.20. The minimum atomic E-state index is -0.0506. The molecule has 78 valence electrons. The van der Waals surface area contributed by atoms with Gasteiger partial charge in [0.1, 0.15) is 0 Å². The van der Waals surface area contributed by atoms with Gasteiger partial charge in [-0.05, 0) is 32.1 Å².